The number of nitrogens with one attached hydrogen (secondary N) is 1. The Labute approximate surface area is 140 Å². The second-order valence-corrected chi connectivity index (χ2v) is 6.55. The maximum Gasteiger partial charge on any atom is 0.263 e. The minimum Gasteiger partial charge on any atom is -0.298 e. The zero-order valence-electron chi connectivity index (χ0n) is 12.6. The number of benzene rings is 1. The first kappa shape index (κ1) is 14.9. The molecule has 1 N–H and O–H groups in total. The molecule has 24 heavy (non-hydrogen) atoms. The largest absolute Gasteiger partial charge is 0.298 e. The van der Waals surface area contributed by atoms with Crippen molar-refractivity contribution < 1.29 is 13.6 Å². The standard InChI is InChI=1S/C16H12F2N4OS/c1-22-11-5-6-12-14(8(11)7-19-22)20-16(24-12)21-15(23)13-9(17)3-2-4-10(13)18/h2-4,7H,5-6H2,1H3,(H,20,21,23). The Morgan fingerprint density at radius 3 is 2.79 bits per heavy atom. The number of thiazole rings is 1. The highest BCUT2D eigenvalue weighted by Crippen LogP contribution is 2.37. The molecule has 8 heteroatoms. The second kappa shape index (κ2) is 5.48. The van der Waals surface area contributed by atoms with Crippen LogP contribution in [0.4, 0.5) is 13.9 Å². The summed E-state index contributed by atoms with van der Waals surface area (Å²) in [7, 11) is 1.87. The average Bonchev–Trinajstić information content (AvgIpc) is 3.10. The monoisotopic (exact) mass is 346 g/mol. The Bertz CT molecular complexity index is 943. The van der Waals surface area contributed by atoms with E-state index < -0.39 is 23.1 Å². The van der Waals surface area contributed by atoms with Crippen LogP contribution in [0.15, 0.2) is 24.4 Å². The first-order valence-corrected chi connectivity index (χ1v) is 8.12. The first-order valence-electron chi connectivity index (χ1n) is 7.31. The van der Waals surface area contributed by atoms with Gasteiger partial charge < -0.3 is 0 Å². The van der Waals surface area contributed by atoms with Crippen molar-refractivity contribution in [3.05, 3.63) is 52.2 Å². The van der Waals surface area contributed by atoms with E-state index in [9.17, 15) is 13.6 Å². The molecule has 1 aliphatic carbocycles. The SMILES string of the molecule is Cn1ncc2c1CCc1sc(NC(=O)c3c(F)cccc3F)nc1-2. The molecule has 0 spiro atoms. The lowest BCUT2D eigenvalue weighted by Crippen LogP contribution is -2.15. The highest BCUT2D eigenvalue weighted by Gasteiger charge is 2.25. The van der Waals surface area contributed by atoms with Gasteiger partial charge in [-0.15, -0.1) is 11.3 Å². The molecule has 3 aromatic rings. The van der Waals surface area contributed by atoms with Crippen LogP contribution in [0.2, 0.25) is 0 Å². The summed E-state index contributed by atoms with van der Waals surface area (Å²) in [4.78, 5) is 17.6. The summed E-state index contributed by atoms with van der Waals surface area (Å²) in [6, 6.07) is 3.31. The van der Waals surface area contributed by atoms with Gasteiger partial charge >= 0.3 is 0 Å². The first-order chi connectivity index (χ1) is 11.5. The molecule has 1 amide bonds. The van der Waals surface area contributed by atoms with Gasteiger partial charge in [-0.05, 0) is 25.0 Å². The van der Waals surface area contributed by atoms with Gasteiger partial charge in [-0.3, -0.25) is 14.8 Å². The Morgan fingerprint density at radius 2 is 2.04 bits per heavy atom. The molecule has 4 rings (SSSR count). The van der Waals surface area contributed by atoms with Crippen molar-refractivity contribution in [2.75, 3.05) is 5.32 Å². The van der Waals surface area contributed by atoms with Crippen LogP contribution in [0.5, 0.6) is 0 Å². The summed E-state index contributed by atoms with van der Waals surface area (Å²) in [5.74, 6) is -2.64. The summed E-state index contributed by atoms with van der Waals surface area (Å²) >= 11 is 1.32. The van der Waals surface area contributed by atoms with Gasteiger partial charge in [-0.1, -0.05) is 6.07 Å². The Balaban J connectivity index is 1.66. The molecule has 1 aromatic carbocycles. The summed E-state index contributed by atoms with van der Waals surface area (Å²) in [6.45, 7) is 0. The summed E-state index contributed by atoms with van der Waals surface area (Å²) < 4.78 is 29.2. The van der Waals surface area contributed by atoms with Crippen molar-refractivity contribution in [3.63, 3.8) is 0 Å². The van der Waals surface area contributed by atoms with Gasteiger partial charge in [0.05, 0.1) is 11.9 Å². The van der Waals surface area contributed by atoms with Crippen molar-refractivity contribution in [1.82, 2.24) is 14.8 Å². The van der Waals surface area contributed by atoms with E-state index in [2.05, 4.69) is 15.4 Å². The molecule has 1 aliphatic rings. The second-order valence-electron chi connectivity index (χ2n) is 5.47. The molecule has 0 aliphatic heterocycles. The van der Waals surface area contributed by atoms with E-state index in [0.29, 0.717) is 5.13 Å². The van der Waals surface area contributed by atoms with E-state index in [1.165, 1.54) is 17.4 Å². The topological polar surface area (TPSA) is 59.8 Å². The molecule has 0 fully saturated rings. The lowest BCUT2D eigenvalue weighted by molar-refractivity contribution is 0.101. The van der Waals surface area contributed by atoms with Crippen molar-refractivity contribution >= 4 is 22.4 Å². The van der Waals surface area contributed by atoms with Gasteiger partial charge in [0.2, 0.25) is 0 Å². The number of hydrogen-bond acceptors (Lipinski definition) is 4. The molecule has 0 saturated heterocycles. The van der Waals surface area contributed by atoms with Crippen LogP contribution < -0.4 is 5.32 Å². The normalized spacial score (nSPS) is 12.6. The zero-order valence-corrected chi connectivity index (χ0v) is 13.5. The number of nitrogens with zero attached hydrogens (tertiary/aromatic N) is 3. The molecule has 2 aromatic heterocycles. The van der Waals surface area contributed by atoms with Gasteiger partial charge in [0.1, 0.15) is 17.2 Å². The average molecular weight is 346 g/mol. The Hall–Kier alpha value is -2.61. The van der Waals surface area contributed by atoms with Gasteiger partial charge in [-0.2, -0.15) is 5.10 Å². The fraction of sp³-hybridized carbons (Fsp3) is 0.188. The minimum atomic E-state index is -0.900. The van der Waals surface area contributed by atoms with E-state index in [-0.39, 0.29) is 0 Å². The molecule has 0 bridgehead atoms. The molecular weight excluding hydrogens is 334 g/mol. The van der Waals surface area contributed by atoms with E-state index >= 15 is 0 Å². The molecule has 0 unspecified atom stereocenters. The van der Waals surface area contributed by atoms with Gasteiger partial charge in [-0.25, -0.2) is 13.8 Å². The van der Waals surface area contributed by atoms with Crippen LogP contribution in [0.25, 0.3) is 11.3 Å². The lowest BCUT2D eigenvalue weighted by Gasteiger charge is -2.10. The third-order valence-electron chi connectivity index (χ3n) is 4.01. The van der Waals surface area contributed by atoms with Crippen LogP contribution in [0, 0.1) is 11.6 Å². The fourth-order valence-electron chi connectivity index (χ4n) is 2.85. The number of anilines is 1. The van der Waals surface area contributed by atoms with E-state index in [1.807, 2.05) is 11.7 Å². The third kappa shape index (κ3) is 2.30. The molecule has 122 valence electrons. The highest BCUT2D eigenvalue weighted by molar-refractivity contribution is 7.16. The number of carbonyl (C=O) groups is 1. The number of fused-ring (bicyclic) bond motifs is 3. The van der Waals surface area contributed by atoms with Crippen LogP contribution in [0.3, 0.4) is 0 Å². The molecular formula is C16H12F2N4OS. The fourth-order valence-corrected chi connectivity index (χ4v) is 3.82. The van der Waals surface area contributed by atoms with Crippen LogP contribution >= 0.6 is 11.3 Å². The molecule has 5 nitrogen and oxygen atoms in total. The number of carbonyl (C=O) groups excluding carboxylic acids is 1. The van der Waals surface area contributed by atoms with Crippen molar-refractivity contribution in [2.24, 2.45) is 7.05 Å². The maximum absolute atomic E-state index is 13.7. The van der Waals surface area contributed by atoms with Crippen molar-refractivity contribution in [3.8, 4) is 11.3 Å². The van der Waals surface area contributed by atoms with E-state index in [0.717, 1.165) is 46.8 Å². The van der Waals surface area contributed by atoms with E-state index in [1.54, 1.807) is 6.20 Å². The van der Waals surface area contributed by atoms with Crippen LogP contribution in [-0.4, -0.2) is 20.7 Å². The molecule has 2 heterocycles. The smallest absolute Gasteiger partial charge is 0.263 e. The number of halogens is 2. The zero-order chi connectivity index (χ0) is 16.8. The van der Waals surface area contributed by atoms with Crippen molar-refractivity contribution in [2.45, 2.75) is 12.8 Å². The third-order valence-corrected chi connectivity index (χ3v) is 5.04. The number of hydrogen-bond donors (Lipinski definition) is 1. The minimum absolute atomic E-state index is 0.323. The van der Waals surface area contributed by atoms with E-state index in [4.69, 9.17) is 0 Å². The predicted molar refractivity (Wildman–Crippen MR) is 86.0 cm³/mol. The summed E-state index contributed by atoms with van der Waals surface area (Å²) in [5.41, 5.74) is 2.20. The summed E-state index contributed by atoms with van der Waals surface area (Å²) in [6.07, 6.45) is 3.38. The highest BCUT2D eigenvalue weighted by atomic mass is 32.1. The summed E-state index contributed by atoms with van der Waals surface area (Å²) in [5, 5.41) is 7.05. The maximum atomic E-state index is 13.7. The van der Waals surface area contributed by atoms with Crippen LogP contribution in [-0.2, 0) is 19.9 Å². The van der Waals surface area contributed by atoms with Crippen LogP contribution in [0.1, 0.15) is 20.9 Å². The number of aromatic nitrogens is 3. The lowest BCUT2D eigenvalue weighted by atomic mass is 10.0. The predicted octanol–water partition coefficient (Wildman–Crippen LogP) is 3.17. The van der Waals surface area contributed by atoms with Gasteiger partial charge in [0.25, 0.3) is 5.91 Å². The van der Waals surface area contributed by atoms with Gasteiger partial charge in [0.15, 0.2) is 5.13 Å². The number of amides is 1. The quantitative estimate of drug-likeness (QED) is 0.775. The Morgan fingerprint density at radius 1 is 1.29 bits per heavy atom. The van der Waals surface area contributed by atoms with Gasteiger partial charge in [0, 0.05) is 23.2 Å². The molecule has 0 atom stereocenters. The Kier molecular flexibility index (Phi) is 3.42. The molecule has 0 radical (unpaired) electrons. The van der Waals surface area contributed by atoms with Crippen molar-refractivity contribution in [1.29, 1.82) is 0 Å². The number of rotatable bonds is 2. The number of aryl methyl sites for hydroxylation is 2. The molecule has 0 saturated carbocycles.